The van der Waals surface area contributed by atoms with E-state index < -0.39 is 35.9 Å². The number of halogens is 2. The van der Waals surface area contributed by atoms with Gasteiger partial charge >= 0.3 is 5.97 Å². The third-order valence-corrected chi connectivity index (χ3v) is 7.58. The van der Waals surface area contributed by atoms with E-state index >= 15 is 0 Å². The number of carbonyl (C=O) groups excluding carboxylic acids is 1. The summed E-state index contributed by atoms with van der Waals surface area (Å²) in [5.41, 5.74) is 9.99. The van der Waals surface area contributed by atoms with Gasteiger partial charge < -0.3 is 20.5 Å². The van der Waals surface area contributed by atoms with E-state index in [0.717, 1.165) is 28.3 Å². The number of nitrogens with zero attached hydrogens (tertiary/aromatic N) is 1. The van der Waals surface area contributed by atoms with Gasteiger partial charge in [-0.1, -0.05) is 43.3 Å². The number of esters is 1. The van der Waals surface area contributed by atoms with Gasteiger partial charge in [-0.2, -0.15) is 0 Å². The van der Waals surface area contributed by atoms with Gasteiger partial charge in [-0.15, -0.1) is 11.3 Å². The Morgan fingerprint density at radius 1 is 1.03 bits per heavy atom. The van der Waals surface area contributed by atoms with Gasteiger partial charge in [-0.3, -0.25) is 4.79 Å². The molecule has 39 heavy (non-hydrogen) atoms. The number of nitrogens with one attached hydrogen (secondary N) is 1. The van der Waals surface area contributed by atoms with E-state index in [-0.39, 0.29) is 19.4 Å². The van der Waals surface area contributed by atoms with E-state index in [1.165, 1.54) is 36.1 Å². The number of nitrogens with two attached hydrogens (primary N) is 1. The molecule has 4 aromatic rings. The average molecular weight is 554 g/mol. The van der Waals surface area contributed by atoms with Crippen LogP contribution in [0.15, 0.2) is 66.7 Å². The van der Waals surface area contributed by atoms with Crippen LogP contribution in [0.3, 0.4) is 0 Å². The SMILES string of the molecule is CCc1cccc(CNC[C@@H](OC(=O)CC(OC)c2nc3ccccc3s2)[C@@H](N)Cc2cc(F)cc(F)c2)c1. The molecule has 0 saturated carbocycles. The van der Waals surface area contributed by atoms with Gasteiger partial charge in [0.25, 0.3) is 0 Å². The van der Waals surface area contributed by atoms with Crippen LogP contribution in [0.1, 0.15) is 41.1 Å². The van der Waals surface area contributed by atoms with Crippen LogP contribution in [-0.2, 0) is 33.7 Å². The van der Waals surface area contributed by atoms with Crippen LogP contribution in [0.2, 0.25) is 0 Å². The zero-order chi connectivity index (χ0) is 27.8. The van der Waals surface area contributed by atoms with Crippen molar-refractivity contribution in [2.75, 3.05) is 13.7 Å². The van der Waals surface area contributed by atoms with Crippen molar-refractivity contribution in [3.05, 3.63) is 100 Å². The second kappa shape index (κ2) is 13.7. The second-order valence-electron chi connectivity index (χ2n) is 9.43. The number of ether oxygens (including phenoxy) is 2. The normalized spacial score (nSPS) is 13.8. The third kappa shape index (κ3) is 8.12. The first-order chi connectivity index (χ1) is 18.8. The van der Waals surface area contributed by atoms with Crippen molar-refractivity contribution in [2.45, 2.75) is 51.0 Å². The molecule has 1 heterocycles. The van der Waals surface area contributed by atoms with Crippen molar-refractivity contribution in [1.82, 2.24) is 10.3 Å². The molecule has 1 aromatic heterocycles. The number of rotatable bonds is 13. The van der Waals surface area contributed by atoms with Crippen molar-refractivity contribution >= 4 is 27.5 Å². The third-order valence-electron chi connectivity index (χ3n) is 6.45. The fourth-order valence-electron chi connectivity index (χ4n) is 4.40. The van der Waals surface area contributed by atoms with Crippen molar-refractivity contribution in [3.63, 3.8) is 0 Å². The van der Waals surface area contributed by atoms with Gasteiger partial charge in [-0.05, 0) is 53.8 Å². The summed E-state index contributed by atoms with van der Waals surface area (Å²) in [6, 6.07) is 18.5. The summed E-state index contributed by atoms with van der Waals surface area (Å²) in [5.74, 6) is -1.86. The smallest absolute Gasteiger partial charge is 0.309 e. The molecule has 9 heteroatoms. The lowest BCUT2D eigenvalue weighted by atomic mass is 10.0. The molecular weight excluding hydrogens is 520 g/mol. The van der Waals surface area contributed by atoms with Crippen LogP contribution in [-0.4, -0.2) is 36.8 Å². The predicted octanol–water partition coefficient (Wildman–Crippen LogP) is 5.49. The van der Waals surface area contributed by atoms with Crippen LogP contribution in [0.5, 0.6) is 0 Å². The van der Waals surface area contributed by atoms with Crippen LogP contribution in [0.25, 0.3) is 10.2 Å². The lowest BCUT2D eigenvalue weighted by Crippen LogP contribution is -2.46. The molecule has 0 aliphatic carbocycles. The highest BCUT2D eigenvalue weighted by Gasteiger charge is 2.26. The highest BCUT2D eigenvalue weighted by atomic mass is 32.1. The first kappa shape index (κ1) is 28.8. The van der Waals surface area contributed by atoms with Gasteiger partial charge in [0.1, 0.15) is 28.8 Å². The molecule has 1 unspecified atom stereocenters. The van der Waals surface area contributed by atoms with Gasteiger partial charge in [0.2, 0.25) is 0 Å². The summed E-state index contributed by atoms with van der Waals surface area (Å²) >= 11 is 1.46. The monoisotopic (exact) mass is 553 g/mol. The first-order valence-corrected chi connectivity index (χ1v) is 13.7. The Balaban J connectivity index is 1.44. The number of methoxy groups -OCH3 is 1. The molecule has 0 aliphatic rings. The largest absolute Gasteiger partial charge is 0.459 e. The average Bonchev–Trinajstić information content (AvgIpc) is 3.35. The number of benzene rings is 3. The number of hydrogen-bond donors (Lipinski definition) is 2. The number of carbonyl (C=O) groups is 1. The fourth-order valence-corrected chi connectivity index (χ4v) is 5.44. The second-order valence-corrected chi connectivity index (χ2v) is 10.5. The molecule has 0 fully saturated rings. The van der Waals surface area contributed by atoms with E-state index in [2.05, 4.69) is 29.4 Å². The summed E-state index contributed by atoms with van der Waals surface area (Å²) in [4.78, 5) is 17.7. The minimum atomic E-state index is -0.744. The summed E-state index contributed by atoms with van der Waals surface area (Å²) < 4.78 is 39.9. The standard InChI is InChI=1S/C30H33F2N3O3S/c1-3-19-7-6-8-20(11-19)17-34-18-27(24(33)14-21-12-22(31)15-23(32)13-21)38-29(36)16-26(37-2)30-35-25-9-4-5-10-28(25)39-30/h4-13,15,24,26-27,34H,3,14,16-18,33H2,1-2H3/t24-,26?,27+/m0/s1. The van der Waals surface area contributed by atoms with Crippen LogP contribution >= 0.6 is 11.3 Å². The number of hydrogen-bond acceptors (Lipinski definition) is 7. The minimum absolute atomic E-state index is 0.0489. The zero-order valence-electron chi connectivity index (χ0n) is 22.0. The zero-order valence-corrected chi connectivity index (χ0v) is 22.8. The Morgan fingerprint density at radius 2 is 1.77 bits per heavy atom. The van der Waals surface area contributed by atoms with Gasteiger partial charge in [0, 0.05) is 32.3 Å². The molecule has 4 rings (SSSR count). The molecule has 0 saturated heterocycles. The maximum Gasteiger partial charge on any atom is 0.309 e. The maximum absolute atomic E-state index is 13.8. The molecule has 0 aliphatic heterocycles. The minimum Gasteiger partial charge on any atom is -0.459 e. The van der Waals surface area contributed by atoms with E-state index in [1.807, 2.05) is 36.4 Å². The summed E-state index contributed by atoms with van der Waals surface area (Å²) in [5, 5.41) is 4.00. The van der Waals surface area contributed by atoms with Crippen molar-refractivity contribution in [3.8, 4) is 0 Å². The number of fused-ring (bicyclic) bond motifs is 1. The molecule has 0 spiro atoms. The van der Waals surface area contributed by atoms with Gasteiger partial charge in [0.05, 0.1) is 16.6 Å². The Labute approximate surface area is 231 Å². The van der Waals surface area contributed by atoms with E-state index in [1.54, 1.807) is 0 Å². The molecule has 3 N–H and O–H groups in total. The Hall–Kier alpha value is -3.24. The fraction of sp³-hybridized carbons (Fsp3) is 0.333. The van der Waals surface area contributed by atoms with E-state index in [0.29, 0.717) is 17.1 Å². The molecule has 0 radical (unpaired) electrons. The first-order valence-electron chi connectivity index (χ1n) is 12.9. The molecular formula is C30H33F2N3O3S. The summed E-state index contributed by atoms with van der Waals surface area (Å²) in [6.45, 7) is 2.91. The van der Waals surface area contributed by atoms with Gasteiger partial charge in [0.15, 0.2) is 0 Å². The number of para-hydroxylation sites is 1. The highest BCUT2D eigenvalue weighted by molar-refractivity contribution is 7.18. The number of thiazole rings is 1. The summed E-state index contributed by atoms with van der Waals surface area (Å²) in [6.07, 6.45) is -0.309. The van der Waals surface area contributed by atoms with E-state index in [4.69, 9.17) is 15.2 Å². The van der Waals surface area contributed by atoms with Crippen molar-refractivity contribution in [1.29, 1.82) is 0 Å². The lowest BCUT2D eigenvalue weighted by molar-refractivity contribution is -0.152. The quantitative estimate of drug-likeness (QED) is 0.213. The lowest BCUT2D eigenvalue weighted by Gasteiger charge is -2.25. The summed E-state index contributed by atoms with van der Waals surface area (Å²) in [7, 11) is 1.53. The van der Waals surface area contributed by atoms with E-state index in [9.17, 15) is 13.6 Å². The van der Waals surface area contributed by atoms with Crippen molar-refractivity contribution < 1.29 is 23.0 Å². The topological polar surface area (TPSA) is 86.5 Å². The highest BCUT2D eigenvalue weighted by Crippen LogP contribution is 2.30. The van der Waals surface area contributed by atoms with Crippen LogP contribution in [0.4, 0.5) is 8.78 Å². The number of aryl methyl sites for hydroxylation is 1. The molecule has 3 atom stereocenters. The molecule has 6 nitrogen and oxygen atoms in total. The predicted molar refractivity (Wildman–Crippen MR) is 149 cm³/mol. The van der Waals surface area contributed by atoms with Crippen LogP contribution < -0.4 is 11.1 Å². The Morgan fingerprint density at radius 3 is 2.49 bits per heavy atom. The maximum atomic E-state index is 13.8. The Kier molecular flexibility index (Phi) is 10.1. The Bertz CT molecular complexity index is 1340. The molecule has 0 amide bonds. The van der Waals surface area contributed by atoms with Crippen molar-refractivity contribution in [2.24, 2.45) is 5.73 Å². The van der Waals surface area contributed by atoms with Gasteiger partial charge in [-0.25, -0.2) is 13.8 Å². The molecule has 206 valence electrons. The molecule has 0 bridgehead atoms. The molecule has 3 aromatic carbocycles. The van der Waals surface area contributed by atoms with Crippen LogP contribution in [0, 0.1) is 11.6 Å². The number of aromatic nitrogens is 1.